The number of hydrogen-bond acceptors (Lipinski definition) is 4. The fourth-order valence-electron chi connectivity index (χ4n) is 2.67. The van der Waals surface area contributed by atoms with Crippen LogP contribution in [0.4, 0.5) is 0 Å². The van der Waals surface area contributed by atoms with Gasteiger partial charge in [-0.25, -0.2) is 0 Å². The maximum absolute atomic E-state index is 12.0. The van der Waals surface area contributed by atoms with E-state index in [2.05, 4.69) is 17.1 Å². The van der Waals surface area contributed by atoms with Crippen molar-refractivity contribution in [3.8, 4) is 0 Å². The molecule has 1 fully saturated rings. The molecule has 6 nitrogen and oxygen atoms in total. The van der Waals surface area contributed by atoms with Crippen molar-refractivity contribution in [1.29, 1.82) is 0 Å². The van der Waals surface area contributed by atoms with Crippen molar-refractivity contribution >= 4 is 11.9 Å². The Hall–Kier alpha value is -1.14. The third-order valence-corrected chi connectivity index (χ3v) is 4.50. The van der Waals surface area contributed by atoms with Crippen molar-refractivity contribution in [2.45, 2.75) is 46.1 Å². The highest BCUT2D eigenvalue weighted by molar-refractivity contribution is 5.84. The number of amides is 1. The second kappa shape index (κ2) is 8.34. The number of carbonyl (C=O) groups excluding carboxylic acids is 1. The molecule has 0 aromatic heterocycles. The Balaban J connectivity index is 2.44. The maximum atomic E-state index is 12.0. The first-order valence-electron chi connectivity index (χ1n) is 7.81. The van der Waals surface area contributed by atoms with Gasteiger partial charge in [0.2, 0.25) is 5.91 Å². The third-order valence-electron chi connectivity index (χ3n) is 4.50. The molecule has 1 amide bonds. The standard InChI is InChI=1S/C15H28N2O4/c1-4-15(5-2,14(19)20)9-13(18)16-10-12-11-17(6-3)7-8-21-12/h12H,4-11H2,1-3H3,(H,16,18)(H,19,20). The molecule has 1 rings (SSSR count). The molecular formula is C15H28N2O4. The van der Waals surface area contributed by atoms with Gasteiger partial charge in [0.1, 0.15) is 0 Å². The van der Waals surface area contributed by atoms with Gasteiger partial charge in [-0.1, -0.05) is 20.8 Å². The molecule has 21 heavy (non-hydrogen) atoms. The van der Waals surface area contributed by atoms with Crippen molar-refractivity contribution in [2.24, 2.45) is 5.41 Å². The van der Waals surface area contributed by atoms with Crippen molar-refractivity contribution in [1.82, 2.24) is 10.2 Å². The number of carbonyl (C=O) groups is 2. The molecule has 2 N–H and O–H groups in total. The van der Waals surface area contributed by atoms with Gasteiger partial charge >= 0.3 is 5.97 Å². The zero-order valence-corrected chi connectivity index (χ0v) is 13.4. The minimum Gasteiger partial charge on any atom is -0.481 e. The minimum atomic E-state index is -0.951. The number of carboxylic acid groups (broad SMARTS) is 1. The Bertz CT molecular complexity index is 356. The van der Waals surface area contributed by atoms with Crippen LogP contribution in [0.3, 0.4) is 0 Å². The summed E-state index contributed by atoms with van der Waals surface area (Å²) in [6.45, 7) is 9.56. The number of nitrogens with zero attached hydrogens (tertiary/aromatic N) is 1. The molecule has 0 saturated carbocycles. The van der Waals surface area contributed by atoms with E-state index >= 15 is 0 Å². The Morgan fingerprint density at radius 3 is 2.52 bits per heavy atom. The lowest BCUT2D eigenvalue weighted by Gasteiger charge is -2.32. The number of hydrogen-bond donors (Lipinski definition) is 2. The van der Waals surface area contributed by atoms with Crippen molar-refractivity contribution < 1.29 is 19.4 Å². The maximum Gasteiger partial charge on any atom is 0.310 e. The Kier molecular flexibility index (Phi) is 7.11. The molecule has 0 bridgehead atoms. The predicted octanol–water partition coefficient (Wildman–Crippen LogP) is 1.10. The fraction of sp³-hybridized carbons (Fsp3) is 0.867. The largest absolute Gasteiger partial charge is 0.481 e. The number of rotatable bonds is 8. The Labute approximate surface area is 126 Å². The summed E-state index contributed by atoms with van der Waals surface area (Å²) in [5.41, 5.74) is -0.951. The molecule has 0 aromatic rings. The second-order valence-electron chi connectivity index (χ2n) is 5.66. The molecule has 0 spiro atoms. The lowest BCUT2D eigenvalue weighted by atomic mass is 9.79. The molecule has 0 radical (unpaired) electrons. The zero-order chi connectivity index (χ0) is 15.9. The van der Waals surface area contributed by atoms with Gasteiger partial charge < -0.3 is 15.2 Å². The Morgan fingerprint density at radius 2 is 2.00 bits per heavy atom. The van der Waals surface area contributed by atoms with E-state index in [-0.39, 0.29) is 18.4 Å². The van der Waals surface area contributed by atoms with Gasteiger partial charge in [-0.2, -0.15) is 0 Å². The predicted molar refractivity (Wildman–Crippen MR) is 80.1 cm³/mol. The molecule has 122 valence electrons. The van der Waals surface area contributed by atoms with Crippen LogP contribution in [0.25, 0.3) is 0 Å². The van der Waals surface area contributed by atoms with Gasteiger partial charge in [0, 0.05) is 26.1 Å². The van der Waals surface area contributed by atoms with Crippen LogP contribution in [0.5, 0.6) is 0 Å². The molecule has 1 unspecified atom stereocenters. The van der Waals surface area contributed by atoms with Gasteiger partial charge in [-0.3, -0.25) is 14.5 Å². The van der Waals surface area contributed by atoms with Crippen LogP contribution < -0.4 is 5.32 Å². The number of ether oxygens (including phenoxy) is 1. The summed E-state index contributed by atoms with van der Waals surface area (Å²) in [5.74, 6) is -1.10. The lowest BCUT2D eigenvalue weighted by molar-refractivity contribution is -0.152. The van der Waals surface area contributed by atoms with E-state index in [0.29, 0.717) is 26.0 Å². The number of morpholine rings is 1. The van der Waals surface area contributed by atoms with E-state index in [1.54, 1.807) is 0 Å². The normalized spacial score (nSPS) is 20.2. The van der Waals surface area contributed by atoms with Gasteiger partial charge in [0.25, 0.3) is 0 Å². The average Bonchev–Trinajstić information content (AvgIpc) is 2.50. The molecular weight excluding hydrogens is 272 g/mol. The lowest BCUT2D eigenvalue weighted by Crippen LogP contribution is -2.48. The first-order valence-corrected chi connectivity index (χ1v) is 7.81. The van der Waals surface area contributed by atoms with Crippen LogP contribution in [-0.2, 0) is 14.3 Å². The van der Waals surface area contributed by atoms with Crippen LogP contribution in [0, 0.1) is 5.41 Å². The van der Waals surface area contributed by atoms with E-state index in [1.807, 2.05) is 13.8 Å². The summed E-state index contributed by atoms with van der Waals surface area (Å²) < 4.78 is 5.62. The van der Waals surface area contributed by atoms with Crippen molar-refractivity contribution in [3.63, 3.8) is 0 Å². The summed E-state index contributed by atoms with van der Waals surface area (Å²) in [6.07, 6.45) is 0.927. The highest BCUT2D eigenvalue weighted by Gasteiger charge is 2.37. The minimum absolute atomic E-state index is 0.00914. The van der Waals surface area contributed by atoms with Gasteiger partial charge in [-0.15, -0.1) is 0 Å². The topological polar surface area (TPSA) is 78.9 Å². The van der Waals surface area contributed by atoms with E-state index in [0.717, 1.165) is 19.6 Å². The van der Waals surface area contributed by atoms with Gasteiger partial charge in [0.05, 0.1) is 18.1 Å². The van der Waals surface area contributed by atoms with Crippen LogP contribution in [0.1, 0.15) is 40.0 Å². The third kappa shape index (κ3) is 4.97. The number of carboxylic acids is 1. The zero-order valence-electron chi connectivity index (χ0n) is 13.4. The summed E-state index contributed by atoms with van der Waals surface area (Å²) in [4.78, 5) is 25.7. The number of nitrogens with one attached hydrogen (secondary N) is 1. The summed E-state index contributed by atoms with van der Waals surface area (Å²) >= 11 is 0. The van der Waals surface area contributed by atoms with E-state index in [1.165, 1.54) is 0 Å². The highest BCUT2D eigenvalue weighted by atomic mass is 16.5. The first kappa shape index (κ1) is 17.9. The average molecular weight is 300 g/mol. The molecule has 1 heterocycles. The highest BCUT2D eigenvalue weighted by Crippen LogP contribution is 2.30. The number of likely N-dealkylation sites (N-methyl/N-ethyl adjacent to an activating group) is 1. The monoisotopic (exact) mass is 300 g/mol. The first-order chi connectivity index (χ1) is 9.97. The molecule has 1 aliphatic heterocycles. The van der Waals surface area contributed by atoms with Crippen LogP contribution in [-0.4, -0.2) is 60.8 Å². The molecule has 1 saturated heterocycles. The molecule has 6 heteroatoms. The molecule has 0 aliphatic carbocycles. The van der Waals surface area contributed by atoms with E-state index in [4.69, 9.17) is 4.74 Å². The van der Waals surface area contributed by atoms with E-state index < -0.39 is 11.4 Å². The van der Waals surface area contributed by atoms with Crippen LogP contribution in [0.2, 0.25) is 0 Å². The number of aliphatic carboxylic acids is 1. The summed E-state index contributed by atoms with van der Waals surface area (Å²) in [6, 6.07) is 0. The smallest absolute Gasteiger partial charge is 0.310 e. The molecule has 1 aliphatic rings. The van der Waals surface area contributed by atoms with Crippen LogP contribution in [0.15, 0.2) is 0 Å². The summed E-state index contributed by atoms with van der Waals surface area (Å²) in [5, 5.41) is 12.2. The summed E-state index contributed by atoms with van der Waals surface area (Å²) in [7, 11) is 0. The SMILES string of the molecule is CCN1CCOC(CNC(=O)CC(CC)(CC)C(=O)O)C1. The van der Waals surface area contributed by atoms with Gasteiger partial charge in [0.15, 0.2) is 0 Å². The second-order valence-corrected chi connectivity index (χ2v) is 5.66. The fourth-order valence-corrected chi connectivity index (χ4v) is 2.67. The quantitative estimate of drug-likeness (QED) is 0.702. The van der Waals surface area contributed by atoms with Crippen molar-refractivity contribution in [3.05, 3.63) is 0 Å². The van der Waals surface area contributed by atoms with Crippen molar-refractivity contribution in [2.75, 3.05) is 32.8 Å². The molecule has 1 atom stereocenters. The molecule has 0 aromatic carbocycles. The van der Waals surface area contributed by atoms with E-state index in [9.17, 15) is 14.7 Å². The Morgan fingerprint density at radius 1 is 1.33 bits per heavy atom. The van der Waals surface area contributed by atoms with Crippen LogP contribution >= 0.6 is 0 Å². The van der Waals surface area contributed by atoms with Gasteiger partial charge in [-0.05, 0) is 19.4 Å².